The fraction of sp³-hybridized carbons (Fsp3) is 0.389. The van der Waals surface area contributed by atoms with Gasteiger partial charge in [-0.05, 0) is 38.3 Å². The Kier molecular flexibility index (Phi) is 5.20. The van der Waals surface area contributed by atoms with Crippen LogP contribution in [0.15, 0.2) is 34.7 Å². The van der Waals surface area contributed by atoms with Gasteiger partial charge in [0.05, 0.1) is 6.61 Å². The summed E-state index contributed by atoms with van der Waals surface area (Å²) in [5, 5.41) is 0. The number of rotatable bonds is 6. The van der Waals surface area contributed by atoms with Crippen molar-refractivity contribution in [1.29, 1.82) is 0 Å². The molecule has 1 aromatic carbocycles. The third-order valence-corrected chi connectivity index (χ3v) is 3.47. The monoisotopic (exact) mass is 286 g/mol. The fourth-order valence-corrected chi connectivity index (χ4v) is 2.25. The highest BCUT2D eigenvalue weighted by atomic mass is 16.5. The molecule has 1 heterocycles. The topological polar surface area (TPSA) is 39.4 Å². The van der Waals surface area contributed by atoms with E-state index in [9.17, 15) is 4.79 Å². The van der Waals surface area contributed by atoms with Gasteiger partial charge in [-0.2, -0.15) is 0 Å². The van der Waals surface area contributed by atoms with Crippen molar-refractivity contribution in [2.75, 3.05) is 6.61 Å². The summed E-state index contributed by atoms with van der Waals surface area (Å²) in [6.45, 7) is 6.14. The SMILES string of the molecule is CCCCc1ccc(-c2cc(C(=O)OCC)c(C)o2)cc1. The number of benzene rings is 1. The molecule has 0 spiro atoms. The zero-order valence-electron chi connectivity index (χ0n) is 12.9. The number of aryl methyl sites for hydroxylation is 2. The minimum atomic E-state index is -0.329. The highest BCUT2D eigenvalue weighted by Gasteiger charge is 2.16. The van der Waals surface area contributed by atoms with E-state index < -0.39 is 0 Å². The van der Waals surface area contributed by atoms with Crippen LogP contribution < -0.4 is 0 Å². The average Bonchev–Trinajstić information content (AvgIpc) is 2.88. The molecule has 0 aliphatic rings. The van der Waals surface area contributed by atoms with Crippen molar-refractivity contribution >= 4 is 5.97 Å². The van der Waals surface area contributed by atoms with Crippen molar-refractivity contribution < 1.29 is 13.9 Å². The van der Waals surface area contributed by atoms with Crippen molar-refractivity contribution in [2.24, 2.45) is 0 Å². The zero-order valence-corrected chi connectivity index (χ0v) is 12.9. The second-order valence-electron chi connectivity index (χ2n) is 5.10. The molecule has 0 amide bonds. The van der Waals surface area contributed by atoms with Crippen LogP contribution >= 0.6 is 0 Å². The molecule has 0 N–H and O–H groups in total. The third kappa shape index (κ3) is 3.75. The highest BCUT2D eigenvalue weighted by molar-refractivity contribution is 5.91. The maximum absolute atomic E-state index is 11.8. The largest absolute Gasteiger partial charge is 0.462 e. The molecule has 0 saturated heterocycles. The highest BCUT2D eigenvalue weighted by Crippen LogP contribution is 2.26. The lowest BCUT2D eigenvalue weighted by molar-refractivity contribution is 0.0524. The van der Waals surface area contributed by atoms with E-state index in [2.05, 4.69) is 19.1 Å². The molecule has 0 aliphatic heterocycles. The summed E-state index contributed by atoms with van der Waals surface area (Å²) in [5.74, 6) is 0.973. The summed E-state index contributed by atoms with van der Waals surface area (Å²) in [6, 6.07) is 10.1. The normalized spacial score (nSPS) is 10.6. The van der Waals surface area contributed by atoms with Gasteiger partial charge in [0.25, 0.3) is 0 Å². The number of furan rings is 1. The smallest absolute Gasteiger partial charge is 0.341 e. The van der Waals surface area contributed by atoms with E-state index in [1.807, 2.05) is 12.1 Å². The molecule has 2 rings (SSSR count). The van der Waals surface area contributed by atoms with Crippen LogP contribution in [0.3, 0.4) is 0 Å². The van der Waals surface area contributed by atoms with Gasteiger partial charge >= 0.3 is 5.97 Å². The molecule has 0 radical (unpaired) electrons. The van der Waals surface area contributed by atoms with E-state index >= 15 is 0 Å². The Morgan fingerprint density at radius 3 is 2.52 bits per heavy atom. The van der Waals surface area contributed by atoms with E-state index in [-0.39, 0.29) is 5.97 Å². The molecule has 0 unspecified atom stereocenters. The van der Waals surface area contributed by atoms with Crippen LogP contribution in [-0.4, -0.2) is 12.6 Å². The Morgan fingerprint density at radius 1 is 1.19 bits per heavy atom. The molecule has 0 saturated carbocycles. The minimum Gasteiger partial charge on any atom is -0.462 e. The summed E-state index contributed by atoms with van der Waals surface area (Å²) >= 11 is 0. The van der Waals surface area contributed by atoms with Crippen molar-refractivity contribution in [3.8, 4) is 11.3 Å². The third-order valence-electron chi connectivity index (χ3n) is 3.47. The minimum absolute atomic E-state index is 0.329. The second kappa shape index (κ2) is 7.11. The van der Waals surface area contributed by atoms with Crippen LogP contribution in [0, 0.1) is 6.92 Å². The van der Waals surface area contributed by atoms with Crippen LogP contribution in [0.1, 0.15) is 48.4 Å². The van der Waals surface area contributed by atoms with Gasteiger partial charge in [-0.25, -0.2) is 4.79 Å². The van der Waals surface area contributed by atoms with Gasteiger partial charge in [0.15, 0.2) is 0 Å². The molecule has 2 aromatic rings. The first-order valence-electron chi connectivity index (χ1n) is 7.52. The number of carbonyl (C=O) groups excluding carboxylic acids is 1. The molecule has 3 nitrogen and oxygen atoms in total. The van der Waals surface area contributed by atoms with Crippen molar-refractivity contribution in [1.82, 2.24) is 0 Å². The molecule has 0 bridgehead atoms. The molecule has 1 aromatic heterocycles. The Bertz CT molecular complexity index is 593. The van der Waals surface area contributed by atoms with Gasteiger partial charge in [0.2, 0.25) is 0 Å². The lowest BCUT2D eigenvalue weighted by atomic mass is 10.1. The van der Waals surface area contributed by atoms with E-state index in [4.69, 9.17) is 9.15 Å². The Labute approximate surface area is 125 Å². The van der Waals surface area contributed by atoms with Gasteiger partial charge in [-0.1, -0.05) is 37.6 Å². The Balaban J connectivity index is 2.18. The van der Waals surface area contributed by atoms with Gasteiger partial charge in [-0.15, -0.1) is 0 Å². The predicted octanol–water partition coefficient (Wildman–Crippen LogP) is 4.77. The second-order valence-corrected chi connectivity index (χ2v) is 5.10. The molecular formula is C18H22O3. The Hall–Kier alpha value is -2.03. The molecule has 3 heteroatoms. The standard InChI is InChI=1S/C18H22O3/c1-4-6-7-14-8-10-15(11-9-14)17-12-16(13(3)21-17)18(19)20-5-2/h8-12H,4-7H2,1-3H3. The average molecular weight is 286 g/mol. The predicted molar refractivity (Wildman–Crippen MR) is 83.4 cm³/mol. The molecule has 0 aliphatic carbocycles. The van der Waals surface area contributed by atoms with Gasteiger partial charge in [0.1, 0.15) is 17.1 Å². The van der Waals surface area contributed by atoms with Crippen LogP contribution in [0.4, 0.5) is 0 Å². The van der Waals surface area contributed by atoms with E-state index in [0.29, 0.717) is 23.7 Å². The van der Waals surface area contributed by atoms with Gasteiger partial charge in [0, 0.05) is 5.56 Å². The van der Waals surface area contributed by atoms with Crippen molar-refractivity contribution in [3.63, 3.8) is 0 Å². The quantitative estimate of drug-likeness (QED) is 0.718. The molecule has 112 valence electrons. The lowest BCUT2D eigenvalue weighted by Gasteiger charge is -2.01. The van der Waals surface area contributed by atoms with E-state index in [0.717, 1.165) is 12.0 Å². The van der Waals surface area contributed by atoms with Crippen molar-refractivity contribution in [3.05, 3.63) is 47.2 Å². The maximum atomic E-state index is 11.8. The first-order valence-corrected chi connectivity index (χ1v) is 7.52. The number of hydrogen-bond acceptors (Lipinski definition) is 3. The van der Waals surface area contributed by atoms with Crippen molar-refractivity contribution in [2.45, 2.75) is 40.0 Å². The maximum Gasteiger partial charge on any atom is 0.341 e. The molecule has 0 atom stereocenters. The summed E-state index contributed by atoms with van der Waals surface area (Å²) < 4.78 is 10.7. The van der Waals surface area contributed by atoms with E-state index in [1.54, 1.807) is 19.9 Å². The zero-order chi connectivity index (χ0) is 15.2. The first kappa shape index (κ1) is 15.4. The Morgan fingerprint density at radius 2 is 1.90 bits per heavy atom. The van der Waals surface area contributed by atoms with Crippen LogP contribution in [-0.2, 0) is 11.2 Å². The van der Waals surface area contributed by atoms with Gasteiger partial charge in [-0.3, -0.25) is 0 Å². The number of ether oxygens (including phenoxy) is 1. The molecule has 0 fully saturated rings. The summed E-state index contributed by atoms with van der Waals surface area (Å²) in [4.78, 5) is 11.8. The molecule has 21 heavy (non-hydrogen) atoms. The summed E-state index contributed by atoms with van der Waals surface area (Å²) in [6.07, 6.45) is 3.50. The molecular weight excluding hydrogens is 264 g/mol. The lowest BCUT2D eigenvalue weighted by Crippen LogP contribution is -2.04. The van der Waals surface area contributed by atoms with E-state index in [1.165, 1.54) is 18.4 Å². The van der Waals surface area contributed by atoms with Crippen LogP contribution in [0.2, 0.25) is 0 Å². The summed E-state index contributed by atoms with van der Waals surface area (Å²) in [7, 11) is 0. The number of hydrogen-bond donors (Lipinski definition) is 0. The first-order chi connectivity index (χ1) is 10.2. The fourth-order valence-electron chi connectivity index (χ4n) is 2.25. The number of unbranched alkanes of at least 4 members (excludes halogenated alkanes) is 1. The number of esters is 1. The van der Waals surface area contributed by atoms with Crippen LogP contribution in [0.25, 0.3) is 11.3 Å². The number of carbonyl (C=O) groups is 1. The van der Waals surface area contributed by atoms with Gasteiger partial charge < -0.3 is 9.15 Å². The van der Waals surface area contributed by atoms with Crippen LogP contribution in [0.5, 0.6) is 0 Å². The summed E-state index contributed by atoms with van der Waals surface area (Å²) in [5.41, 5.74) is 2.81.